The van der Waals surface area contributed by atoms with Crippen LogP contribution in [0.15, 0.2) is 12.1 Å². The summed E-state index contributed by atoms with van der Waals surface area (Å²) in [5.41, 5.74) is 1.04. The van der Waals surface area contributed by atoms with Gasteiger partial charge in [-0.05, 0) is 31.5 Å². The average Bonchev–Trinajstić information content (AvgIpc) is 2.72. The van der Waals surface area contributed by atoms with Crippen molar-refractivity contribution in [2.45, 2.75) is 25.8 Å². The van der Waals surface area contributed by atoms with Crippen molar-refractivity contribution in [3.63, 3.8) is 0 Å². The van der Waals surface area contributed by atoms with E-state index in [0.717, 1.165) is 37.4 Å². The molecule has 0 amide bonds. The van der Waals surface area contributed by atoms with E-state index in [-0.39, 0.29) is 0 Å². The highest BCUT2D eigenvalue weighted by molar-refractivity contribution is 5.34. The highest BCUT2D eigenvalue weighted by Gasteiger charge is 2.13. The van der Waals surface area contributed by atoms with Gasteiger partial charge in [-0.1, -0.05) is 6.92 Å². The smallest absolute Gasteiger partial charge is 0.148 e. The first-order valence-corrected chi connectivity index (χ1v) is 5.18. The van der Waals surface area contributed by atoms with Crippen molar-refractivity contribution in [3.8, 4) is 0 Å². The Bertz CT molecular complexity index is 277. The lowest BCUT2D eigenvalue weighted by Crippen LogP contribution is -2.22. The molecule has 0 aliphatic carbocycles. The second kappa shape index (κ2) is 4.37. The molecule has 2 N–H and O–H groups in total. The van der Waals surface area contributed by atoms with Crippen LogP contribution < -0.4 is 10.6 Å². The Balaban J connectivity index is 1.95. The molecule has 1 fully saturated rings. The van der Waals surface area contributed by atoms with Gasteiger partial charge < -0.3 is 10.6 Å². The fraction of sp³-hybridized carbons (Fsp3) is 0.600. The molecule has 76 valence electrons. The Hall–Kier alpha value is -1.16. The zero-order valence-electron chi connectivity index (χ0n) is 8.45. The second-order valence-corrected chi connectivity index (χ2v) is 3.60. The highest BCUT2D eigenvalue weighted by Crippen LogP contribution is 2.08. The van der Waals surface area contributed by atoms with Crippen molar-refractivity contribution >= 4 is 5.82 Å². The number of hydrogen-bond acceptors (Lipinski definition) is 4. The average molecular weight is 192 g/mol. The van der Waals surface area contributed by atoms with Gasteiger partial charge in [0.05, 0.1) is 5.69 Å². The Morgan fingerprint density at radius 2 is 2.43 bits per heavy atom. The van der Waals surface area contributed by atoms with Crippen molar-refractivity contribution in [2.24, 2.45) is 0 Å². The summed E-state index contributed by atoms with van der Waals surface area (Å²) < 4.78 is 0. The van der Waals surface area contributed by atoms with Crippen LogP contribution >= 0.6 is 0 Å². The normalized spacial score (nSPS) is 21.1. The van der Waals surface area contributed by atoms with Crippen molar-refractivity contribution in [3.05, 3.63) is 17.8 Å². The molecule has 1 unspecified atom stereocenters. The molecular weight excluding hydrogens is 176 g/mol. The lowest BCUT2D eigenvalue weighted by molar-refractivity contribution is 0.779. The molecule has 2 rings (SSSR count). The summed E-state index contributed by atoms with van der Waals surface area (Å²) in [5.74, 6) is 0.885. The van der Waals surface area contributed by atoms with E-state index in [1.54, 1.807) is 0 Å². The van der Waals surface area contributed by atoms with E-state index in [4.69, 9.17) is 0 Å². The van der Waals surface area contributed by atoms with Crippen LogP contribution in [0.5, 0.6) is 0 Å². The predicted octanol–water partition coefficient (Wildman–Crippen LogP) is 0.813. The highest BCUT2D eigenvalue weighted by atomic mass is 15.2. The number of rotatable bonds is 3. The van der Waals surface area contributed by atoms with E-state index in [2.05, 4.69) is 27.8 Å². The van der Waals surface area contributed by atoms with Crippen LogP contribution in [-0.4, -0.2) is 29.3 Å². The molecule has 0 spiro atoms. The Kier molecular flexibility index (Phi) is 2.93. The van der Waals surface area contributed by atoms with Gasteiger partial charge in [-0.2, -0.15) is 5.10 Å². The van der Waals surface area contributed by atoms with Gasteiger partial charge in [-0.15, -0.1) is 5.10 Å². The molecule has 4 nitrogen and oxygen atoms in total. The zero-order valence-corrected chi connectivity index (χ0v) is 8.45. The molecule has 1 atom stereocenters. The summed E-state index contributed by atoms with van der Waals surface area (Å²) in [5, 5.41) is 14.9. The summed E-state index contributed by atoms with van der Waals surface area (Å²) >= 11 is 0. The van der Waals surface area contributed by atoms with Crippen LogP contribution in [-0.2, 0) is 6.42 Å². The van der Waals surface area contributed by atoms with Crippen LogP contribution in [0.3, 0.4) is 0 Å². The molecule has 14 heavy (non-hydrogen) atoms. The molecule has 1 aromatic heterocycles. The van der Waals surface area contributed by atoms with Gasteiger partial charge >= 0.3 is 0 Å². The summed E-state index contributed by atoms with van der Waals surface area (Å²) in [6.07, 6.45) is 2.11. The maximum atomic E-state index is 4.12. The summed E-state index contributed by atoms with van der Waals surface area (Å²) in [6, 6.07) is 4.54. The number of aryl methyl sites for hydroxylation is 1. The molecule has 1 aliphatic heterocycles. The van der Waals surface area contributed by atoms with Crippen molar-refractivity contribution in [2.75, 3.05) is 18.4 Å². The van der Waals surface area contributed by atoms with E-state index < -0.39 is 0 Å². The number of nitrogens with one attached hydrogen (secondary N) is 2. The molecular formula is C10H16N4. The topological polar surface area (TPSA) is 49.8 Å². The number of aromatic nitrogens is 2. The fourth-order valence-corrected chi connectivity index (χ4v) is 1.61. The number of nitrogens with zero attached hydrogens (tertiary/aromatic N) is 2. The molecule has 4 heteroatoms. The minimum Gasteiger partial charge on any atom is -0.365 e. The van der Waals surface area contributed by atoms with Gasteiger partial charge in [0.2, 0.25) is 0 Å². The molecule has 1 aliphatic rings. The third-order valence-electron chi connectivity index (χ3n) is 2.49. The van der Waals surface area contributed by atoms with Crippen LogP contribution in [0.1, 0.15) is 19.0 Å². The SMILES string of the molecule is CCc1ccc(NC2CCNC2)nn1. The maximum Gasteiger partial charge on any atom is 0.148 e. The van der Waals surface area contributed by atoms with Gasteiger partial charge in [0.15, 0.2) is 0 Å². The standard InChI is InChI=1S/C10H16N4/c1-2-8-3-4-10(14-13-8)12-9-5-6-11-7-9/h3-4,9,11H,2,5-7H2,1H3,(H,12,14). The molecule has 1 saturated heterocycles. The van der Waals surface area contributed by atoms with Crippen LogP contribution in [0.2, 0.25) is 0 Å². The first-order valence-electron chi connectivity index (χ1n) is 5.18. The molecule has 1 aromatic rings. The quantitative estimate of drug-likeness (QED) is 0.744. The van der Waals surface area contributed by atoms with E-state index >= 15 is 0 Å². The molecule has 2 heterocycles. The summed E-state index contributed by atoms with van der Waals surface area (Å²) in [4.78, 5) is 0. The van der Waals surface area contributed by atoms with E-state index in [9.17, 15) is 0 Å². The summed E-state index contributed by atoms with van der Waals surface area (Å²) in [7, 11) is 0. The first-order chi connectivity index (χ1) is 6.88. The fourth-order valence-electron chi connectivity index (χ4n) is 1.61. The lowest BCUT2D eigenvalue weighted by Gasteiger charge is -2.10. The van der Waals surface area contributed by atoms with Gasteiger partial charge in [0, 0.05) is 12.6 Å². The predicted molar refractivity (Wildman–Crippen MR) is 56.3 cm³/mol. The molecule has 0 aromatic carbocycles. The minimum atomic E-state index is 0.511. The Labute approximate surface area is 84.1 Å². The Morgan fingerprint density at radius 1 is 1.50 bits per heavy atom. The lowest BCUT2D eigenvalue weighted by atomic mass is 10.2. The third-order valence-corrected chi connectivity index (χ3v) is 2.49. The van der Waals surface area contributed by atoms with E-state index in [1.807, 2.05) is 12.1 Å². The number of anilines is 1. The van der Waals surface area contributed by atoms with Crippen LogP contribution in [0, 0.1) is 0 Å². The second-order valence-electron chi connectivity index (χ2n) is 3.60. The monoisotopic (exact) mass is 192 g/mol. The maximum absolute atomic E-state index is 4.12. The van der Waals surface area contributed by atoms with Crippen LogP contribution in [0.25, 0.3) is 0 Å². The van der Waals surface area contributed by atoms with Gasteiger partial charge in [-0.25, -0.2) is 0 Å². The van der Waals surface area contributed by atoms with Crippen molar-refractivity contribution in [1.82, 2.24) is 15.5 Å². The van der Waals surface area contributed by atoms with E-state index in [0.29, 0.717) is 6.04 Å². The van der Waals surface area contributed by atoms with Crippen molar-refractivity contribution in [1.29, 1.82) is 0 Å². The van der Waals surface area contributed by atoms with Gasteiger partial charge in [-0.3, -0.25) is 0 Å². The van der Waals surface area contributed by atoms with Gasteiger partial charge in [0.1, 0.15) is 5.82 Å². The largest absolute Gasteiger partial charge is 0.365 e. The Morgan fingerprint density at radius 3 is 3.00 bits per heavy atom. The zero-order chi connectivity index (χ0) is 9.80. The van der Waals surface area contributed by atoms with E-state index in [1.165, 1.54) is 0 Å². The minimum absolute atomic E-state index is 0.511. The molecule has 0 bridgehead atoms. The molecule has 0 saturated carbocycles. The van der Waals surface area contributed by atoms with Gasteiger partial charge in [0.25, 0.3) is 0 Å². The summed E-state index contributed by atoms with van der Waals surface area (Å²) in [6.45, 7) is 4.20. The number of hydrogen-bond donors (Lipinski definition) is 2. The molecule has 0 radical (unpaired) electrons. The third kappa shape index (κ3) is 2.20. The van der Waals surface area contributed by atoms with Crippen LogP contribution in [0.4, 0.5) is 5.82 Å². The first kappa shape index (κ1) is 9.40. The van der Waals surface area contributed by atoms with Crippen molar-refractivity contribution < 1.29 is 0 Å².